The van der Waals surface area contributed by atoms with Crippen molar-refractivity contribution in [2.24, 2.45) is 10.2 Å². The van der Waals surface area contributed by atoms with Crippen LogP contribution in [0.3, 0.4) is 0 Å². The van der Waals surface area contributed by atoms with Crippen molar-refractivity contribution in [1.82, 2.24) is 10.6 Å². The van der Waals surface area contributed by atoms with Crippen LogP contribution < -0.4 is 10.6 Å². The van der Waals surface area contributed by atoms with Gasteiger partial charge in [0.25, 0.3) is 0 Å². The van der Waals surface area contributed by atoms with Gasteiger partial charge in [-0.05, 0) is 30.3 Å². The van der Waals surface area contributed by atoms with Crippen LogP contribution in [0.2, 0.25) is 0 Å². The zero-order valence-corrected chi connectivity index (χ0v) is 10.4. The molecule has 0 aliphatic heterocycles. The molecule has 0 radical (unpaired) electrons. The molecule has 0 aliphatic rings. The van der Waals surface area contributed by atoms with Gasteiger partial charge in [0.05, 0.1) is 0 Å². The van der Waals surface area contributed by atoms with Crippen LogP contribution in [0.5, 0.6) is 0 Å². The molecule has 0 rings (SSSR count). The SMILES string of the molecule is [N-]=[N+]=NCC(=O)NCCCCCNC(=O)CN=[N+]=[N-]. The van der Waals surface area contributed by atoms with Gasteiger partial charge in [0, 0.05) is 22.9 Å². The van der Waals surface area contributed by atoms with E-state index in [9.17, 15) is 9.59 Å². The largest absolute Gasteiger partial charge is 0.356 e. The van der Waals surface area contributed by atoms with Gasteiger partial charge < -0.3 is 10.6 Å². The number of amides is 2. The van der Waals surface area contributed by atoms with Crippen molar-refractivity contribution in [3.8, 4) is 0 Å². The third kappa shape index (κ3) is 11.8. The molecule has 0 spiro atoms. The lowest BCUT2D eigenvalue weighted by atomic mass is 10.2. The number of carbonyl (C=O) groups excluding carboxylic acids is 2. The normalized spacial score (nSPS) is 8.84. The summed E-state index contributed by atoms with van der Waals surface area (Å²) in [7, 11) is 0. The van der Waals surface area contributed by atoms with Crippen LogP contribution in [0.25, 0.3) is 20.9 Å². The first-order chi connectivity index (χ1) is 9.20. The number of nitrogens with zero attached hydrogens (tertiary/aromatic N) is 6. The maximum atomic E-state index is 11.0. The molecule has 0 fully saturated rings. The molecule has 0 heterocycles. The van der Waals surface area contributed by atoms with Crippen molar-refractivity contribution in [2.75, 3.05) is 26.2 Å². The molecule has 2 N–H and O–H groups in total. The highest BCUT2D eigenvalue weighted by molar-refractivity contribution is 5.78. The second-order valence-corrected chi connectivity index (χ2v) is 3.54. The molecule has 0 saturated heterocycles. The Morgan fingerprint density at radius 1 is 0.842 bits per heavy atom. The molecule has 2 amide bonds. The maximum absolute atomic E-state index is 11.0. The van der Waals surface area contributed by atoms with E-state index in [1.165, 1.54) is 0 Å². The molecule has 0 aliphatic carbocycles. The smallest absolute Gasteiger partial charge is 0.225 e. The quantitative estimate of drug-likeness (QED) is 0.262. The molecule has 10 heteroatoms. The fourth-order valence-corrected chi connectivity index (χ4v) is 1.19. The molecule has 0 unspecified atom stereocenters. The summed E-state index contributed by atoms with van der Waals surface area (Å²) < 4.78 is 0. The highest BCUT2D eigenvalue weighted by atomic mass is 16.2. The first-order valence-electron chi connectivity index (χ1n) is 5.75. The van der Waals surface area contributed by atoms with E-state index < -0.39 is 0 Å². The van der Waals surface area contributed by atoms with Crippen LogP contribution in [0, 0.1) is 0 Å². The molecule has 0 aromatic heterocycles. The molecule has 0 aromatic rings. The number of carbonyl (C=O) groups is 2. The topological polar surface area (TPSA) is 156 Å². The maximum Gasteiger partial charge on any atom is 0.225 e. The van der Waals surface area contributed by atoms with Crippen LogP contribution in [-0.2, 0) is 9.59 Å². The zero-order valence-electron chi connectivity index (χ0n) is 10.4. The van der Waals surface area contributed by atoms with E-state index in [1.54, 1.807) is 0 Å². The summed E-state index contributed by atoms with van der Waals surface area (Å²) >= 11 is 0. The van der Waals surface area contributed by atoms with Crippen molar-refractivity contribution >= 4 is 11.8 Å². The van der Waals surface area contributed by atoms with E-state index in [0.717, 1.165) is 19.3 Å². The highest BCUT2D eigenvalue weighted by Crippen LogP contribution is 1.92. The molecule has 0 atom stereocenters. The van der Waals surface area contributed by atoms with Gasteiger partial charge in [0.15, 0.2) is 0 Å². The summed E-state index contributed by atoms with van der Waals surface area (Å²) in [6, 6.07) is 0. The fourth-order valence-electron chi connectivity index (χ4n) is 1.19. The standard InChI is InChI=1S/C9H16N8O2/c10-16-14-6-8(18)12-4-2-1-3-5-13-9(19)7-15-17-11/h1-7H2,(H,12,18)(H,13,19). The van der Waals surface area contributed by atoms with Crippen molar-refractivity contribution in [1.29, 1.82) is 0 Å². The summed E-state index contributed by atoms with van der Waals surface area (Å²) in [5.41, 5.74) is 16.0. The van der Waals surface area contributed by atoms with Gasteiger partial charge in [0.1, 0.15) is 13.1 Å². The predicted molar refractivity (Wildman–Crippen MR) is 67.9 cm³/mol. The lowest BCUT2D eigenvalue weighted by Gasteiger charge is -2.04. The summed E-state index contributed by atoms with van der Waals surface area (Å²) in [6.45, 7) is 0.636. The number of hydrogen-bond donors (Lipinski definition) is 2. The first-order valence-corrected chi connectivity index (χ1v) is 5.75. The molecular weight excluding hydrogens is 252 g/mol. The Morgan fingerprint density at radius 2 is 1.26 bits per heavy atom. The molecule has 19 heavy (non-hydrogen) atoms. The molecule has 0 saturated carbocycles. The summed E-state index contributed by atoms with van der Waals surface area (Å²) in [6.07, 6.45) is 2.38. The van der Waals surface area contributed by atoms with Gasteiger partial charge in [-0.25, -0.2) is 0 Å². The van der Waals surface area contributed by atoms with Crippen LogP contribution >= 0.6 is 0 Å². The zero-order chi connectivity index (χ0) is 14.3. The fraction of sp³-hybridized carbons (Fsp3) is 0.778. The van der Waals surface area contributed by atoms with Crippen molar-refractivity contribution in [2.45, 2.75) is 19.3 Å². The number of azide groups is 2. The number of unbranched alkanes of at least 4 members (excludes halogenated alkanes) is 2. The number of rotatable bonds is 10. The van der Waals surface area contributed by atoms with E-state index in [0.29, 0.717) is 13.1 Å². The van der Waals surface area contributed by atoms with Gasteiger partial charge in [-0.1, -0.05) is 10.2 Å². The average molecular weight is 268 g/mol. The summed E-state index contributed by atoms with van der Waals surface area (Å²) in [5, 5.41) is 11.5. The van der Waals surface area contributed by atoms with Gasteiger partial charge in [-0.3, -0.25) is 9.59 Å². The molecule has 104 valence electrons. The summed E-state index contributed by atoms with van der Waals surface area (Å²) in [5.74, 6) is -0.610. The Morgan fingerprint density at radius 3 is 1.63 bits per heavy atom. The Balaban J connectivity index is 3.36. The Kier molecular flexibility index (Phi) is 10.5. The Labute approximate surface area is 109 Å². The van der Waals surface area contributed by atoms with Crippen LogP contribution in [0.1, 0.15) is 19.3 Å². The molecule has 10 nitrogen and oxygen atoms in total. The third-order valence-corrected chi connectivity index (χ3v) is 2.05. The Bertz CT molecular complexity index is 348. The monoisotopic (exact) mass is 268 g/mol. The van der Waals surface area contributed by atoms with Gasteiger partial charge >= 0.3 is 0 Å². The lowest BCUT2D eigenvalue weighted by Crippen LogP contribution is -2.27. The van der Waals surface area contributed by atoms with E-state index in [2.05, 4.69) is 30.7 Å². The van der Waals surface area contributed by atoms with Gasteiger partial charge in [0.2, 0.25) is 11.8 Å². The van der Waals surface area contributed by atoms with Crippen molar-refractivity contribution in [3.05, 3.63) is 20.9 Å². The number of nitrogens with one attached hydrogen (secondary N) is 2. The third-order valence-electron chi connectivity index (χ3n) is 2.05. The predicted octanol–water partition coefficient (Wildman–Crippen LogP) is 1.01. The van der Waals surface area contributed by atoms with Crippen molar-refractivity contribution < 1.29 is 9.59 Å². The molecular formula is C9H16N8O2. The van der Waals surface area contributed by atoms with E-state index in [1.807, 2.05) is 0 Å². The van der Waals surface area contributed by atoms with E-state index >= 15 is 0 Å². The summed E-state index contributed by atoms with van der Waals surface area (Å²) in [4.78, 5) is 27.0. The second-order valence-electron chi connectivity index (χ2n) is 3.54. The minimum atomic E-state index is -0.305. The lowest BCUT2D eigenvalue weighted by molar-refractivity contribution is -0.120. The van der Waals surface area contributed by atoms with E-state index in [-0.39, 0.29) is 24.9 Å². The Hall–Kier alpha value is -2.44. The minimum Gasteiger partial charge on any atom is -0.356 e. The molecule has 0 aromatic carbocycles. The van der Waals surface area contributed by atoms with Gasteiger partial charge in [-0.2, -0.15) is 0 Å². The molecule has 0 bridgehead atoms. The van der Waals surface area contributed by atoms with Gasteiger partial charge in [-0.15, -0.1) is 0 Å². The van der Waals surface area contributed by atoms with E-state index in [4.69, 9.17) is 11.1 Å². The second kappa shape index (κ2) is 12.0. The minimum absolute atomic E-state index is 0.189. The van der Waals surface area contributed by atoms with Crippen LogP contribution in [0.15, 0.2) is 10.2 Å². The first kappa shape index (κ1) is 16.6. The highest BCUT2D eigenvalue weighted by Gasteiger charge is 1.99. The van der Waals surface area contributed by atoms with Crippen LogP contribution in [-0.4, -0.2) is 38.0 Å². The van der Waals surface area contributed by atoms with Crippen LogP contribution in [0.4, 0.5) is 0 Å². The number of hydrogen-bond acceptors (Lipinski definition) is 4. The van der Waals surface area contributed by atoms with Crippen molar-refractivity contribution in [3.63, 3.8) is 0 Å². The average Bonchev–Trinajstić information content (AvgIpc) is 2.41.